The first-order valence-corrected chi connectivity index (χ1v) is 8.21. The molecule has 0 aromatic carbocycles. The van der Waals surface area contributed by atoms with E-state index in [0.717, 1.165) is 50.9 Å². The van der Waals surface area contributed by atoms with Gasteiger partial charge in [-0.05, 0) is 18.6 Å². The van der Waals surface area contributed by atoms with Crippen LogP contribution in [0, 0.1) is 5.92 Å². The molecule has 9 heteroatoms. The summed E-state index contributed by atoms with van der Waals surface area (Å²) < 4.78 is 10.7. The topological polar surface area (TPSA) is 91.6 Å². The molecule has 0 spiro atoms. The standard InChI is InChI=1S/C16H24N6O2.HI/c1-17-16(22(2)10-12-6-9-23-11-12)18-7-5-14-19-15(21-20-14)13-4-3-8-24-13;/h3-4,8,12H,5-7,9-11H2,1-2H3,(H,17,18)(H,19,20,21);1H. The summed E-state index contributed by atoms with van der Waals surface area (Å²) in [6, 6.07) is 3.66. The maximum Gasteiger partial charge on any atom is 0.216 e. The van der Waals surface area contributed by atoms with E-state index in [4.69, 9.17) is 9.15 Å². The monoisotopic (exact) mass is 460 g/mol. The van der Waals surface area contributed by atoms with Crippen LogP contribution in [0.3, 0.4) is 0 Å². The minimum absolute atomic E-state index is 0. The third-order valence-electron chi connectivity index (χ3n) is 4.05. The van der Waals surface area contributed by atoms with Crippen LogP contribution in [0.2, 0.25) is 0 Å². The second-order valence-electron chi connectivity index (χ2n) is 5.92. The van der Waals surface area contributed by atoms with Crippen molar-refractivity contribution < 1.29 is 9.15 Å². The van der Waals surface area contributed by atoms with E-state index in [1.165, 1.54) is 0 Å². The Bertz CT molecular complexity index is 651. The predicted octanol–water partition coefficient (Wildman–Crippen LogP) is 1.77. The molecule has 1 unspecified atom stereocenters. The fourth-order valence-electron chi connectivity index (χ4n) is 2.80. The second-order valence-corrected chi connectivity index (χ2v) is 5.92. The highest BCUT2D eigenvalue weighted by atomic mass is 127. The minimum atomic E-state index is 0. The average molecular weight is 460 g/mol. The zero-order chi connectivity index (χ0) is 16.8. The van der Waals surface area contributed by atoms with Crippen LogP contribution in [0.5, 0.6) is 0 Å². The van der Waals surface area contributed by atoms with Gasteiger partial charge in [-0.25, -0.2) is 4.98 Å². The van der Waals surface area contributed by atoms with Crippen molar-refractivity contribution in [3.05, 3.63) is 24.2 Å². The van der Waals surface area contributed by atoms with Crippen molar-refractivity contribution in [2.75, 3.05) is 40.4 Å². The largest absolute Gasteiger partial charge is 0.461 e. The van der Waals surface area contributed by atoms with E-state index in [-0.39, 0.29) is 24.0 Å². The van der Waals surface area contributed by atoms with Crippen LogP contribution >= 0.6 is 24.0 Å². The number of rotatable bonds is 6. The van der Waals surface area contributed by atoms with E-state index in [0.29, 0.717) is 17.5 Å². The van der Waals surface area contributed by atoms with Crippen LogP contribution in [0.25, 0.3) is 11.6 Å². The number of hydrogen-bond acceptors (Lipinski definition) is 5. The molecule has 2 N–H and O–H groups in total. The molecule has 8 nitrogen and oxygen atoms in total. The number of guanidine groups is 1. The van der Waals surface area contributed by atoms with Crippen LogP contribution in [0.4, 0.5) is 0 Å². The first-order valence-electron chi connectivity index (χ1n) is 8.21. The number of aromatic nitrogens is 3. The summed E-state index contributed by atoms with van der Waals surface area (Å²) in [4.78, 5) is 10.9. The van der Waals surface area contributed by atoms with Crippen LogP contribution in [0.1, 0.15) is 12.2 Å². The van der Waals surface area contributed by atoms with E-state index in [1.54, 1.807) is 13.3 Å². The van der Waals surface area contributed by atoms with Gasteiger partial charge >= 0.3 is 0 Å². The number of halogens is 1. The highest BCUT2D eigenvalue weighted by molar-refractivity contribution is 14.0. The molecule has 1 saturated heterocycles. The quantitative estimate of drug-likeness (QED) is 0.388. The van der Waals surface area contributed by atoms with Crippen molar-refractivity contribution in [1.82, 2.24) is 25.4 Å². The van der Waals surface area contributed by atoms with Crippen molar-refractivity contribution in [1.29, 1.82) is 0 Å². The number of nitrogens with one attached hydrogen (secondary N) is 2. The molecule has 0 bridgehead atoms. The molecule has 0 saturated carbocycles. The van der Waals surface area contributed by atoms with Crippen molar-refractivity contribution in [3.8, 4) is 11.6 Å². The van der Waals surface area contributed by atoms with E-state index in [1.807, 2.05) is 12.1 Å². The molecule has 2 aromatic heterocycles. The molecule has 1 aliphatic heterocycles. The lowest BCUT2D eigenvalue weighted by Gasteiger charge is -2.24. The van der Waals surface area contributed by atoms with Gasteiger partial charge in [-0.15, -0.1) is 24.0 Å². The third-order valence-corrected chi connectivity index (χ3v) is 4.05. The van der Waals surface area contributed by atoms with Gasteiger partial charge < -0.3 is 19.4 Å². The van der Waals surface area contributed by atoms with Gasteiger partial charge in [-0.3, -0.25) is 10.1 Å². The van der Waals surface area contributed by atoms with Gasteiger partial charge in [0.1, 0.15) is 5.82 Å². The molecule has 0 radical (unpaired) electrons. The Labute approximate surface area is 164 Å². The van der Waals surface area contributed by atoms with E-state index >= 15 is 0 Å². The Morgan fingerprint density at radius 1 is 1.52 bits per heavy atom. The van der Waals surface area contributed by atoms with Gasteiger partial charge in [0, 0.05) is 46.1 Å². The summed E-state index contributed by atoms with van der Waals surface area (Å²) in [5.74, 6) is 3.53. The summed E-state index contributed by atoms with van der Waals surface area (Å²) in [7, 11) is 3.85. The summed E-state index contributed by atoms with van der Waals surface area (Å²) in [5.41, 5.74) is 0. The lowest BCUT2D eigenvalue weighted by atomic mass is 10.1. The number of hydrogen-bond donors (Lipinski definition) is 2. The number of aromatic amines is 1. The summed E-state index contributed by atoms with van der Waals surface area (Å²) in [5, 5.41) is 10.5. The number of aliphatic imine (C=N–C) groups is 1. The van der Waals surface area contributed by atoms with Crippen molar-refractivity contribution in [2.24, 2.45) is 10.9 Å². The predicted molar refractivity (Wildman–Crippen MR) is 106 cm³/mol. The third kappa shape index (κ3) is 5.43. The Hall–Kier alpha value is -1.62. The number of furan rings is 1. The van der Waals surface area contributed by atoms with Crippen molar-refractivity contribution in [3.63, 3.8) is 0 Å². The van der Waals surface area contributed by atoms with Gasteiger partial charge in [0.2, 0.25) is 5.82 Å². The zero-order valence-electron chi connectivity index (χ0n) is 14.6. The van der Waals surface area contributed by atoms with Gasteiger partial charge in [0.25, 0.3) is 0 Å². The molecule has 138 valence electrons. The molecule has 0 aliphatic carbocycles. The van der Waals surface area contributed by atoms with Gasteiger partial charge in [0.15, 0.2) is 11.7 Å². The van der Waals surface area contributed by atoms with Crippen LogP contribution in [0.15, 0.2) is 27.8 Å². The molecular formula is C16H25IN6O2. The maximum absolute atomic E-state index is 5.43. The van der Waals surface area contributed by atoms with Crippen LogP contribution in [-0.2, 0) is 11.2 Å². The molecule has 1 fully saturated rings. The fraction of sp³-hybridized carbons (Fsp3) is 0.562. The Kier molecular flexibility index (Phi) is 7.69. The summed E-state index contributed by atoms with van der Waals surface area (Å²) in [6.07, 6.45) is 3.46. The van der Waals surface area contributed by atoms with Gasteiger partial charge in [-0.1, -0.05) is 0 Å². The molecular weight excluding hydrogens is 435 g/mol. The molecule has 3 heterocycles. The molecule has 1 atom stereocenters. The molecule has 1 aliphatic rings. The zero-order valence-corrected chi connectivity index (χ0v) is 16.9. The van der Waals surface area contributed by atoms with E-state index in [9.17, 15) is 0 Å². The highest BCUT2D eigenvalue weighted by Gasteiger charge is 2.19. The summed E-state index contributed by atoms with van der Waals surface area (Å²) >= 11 is 0. The SMILES string of the molecule is CN=C(NCCc1nc(-c2ccco2)n[nH]1)N(C)CC1CCOC1.I. The molecule has 2 aromatic rings. The van der Waals surface area contributed by atoms with Crippen molar-refractivity contribution >= 4 is 29.9 Å². The fourth-order valence-corrected chi connectivity index (χ4v) is 2.80. The Morgan fingerprint density at radius 3 is 3.08 bits per heavy atom. The maximum atomic E-state index is 5.43. The van der Waals surface area contributed by atoms with Gasteiger partial charge in [-0.2, -0.15) is 5.10 Å². The molecule has 0 amide bonds. The lowest BCUT2D eigenvalue weighted by Crippen LogP contribution is -2.42. The van der Waals surface area contributed by atoms with Crippen LogP contribution < -0.4 is 5.32 Å². The van der Waals surface area contributed by atoms with Crippen LogP contribution in [-0.4, -0.2) is 66.4 Å². The first kappa shape index (κ1) is 19.7. The Balaban J connectivity index is 0.00000225. The minimum Gasteiger partial charge on any atom is -0.461 e. The number of H-pyrrole nitrogens is 1. The highest BCUT2D eigenvalue weighted by Crippen LogP contribution is 2.14. The normalized spacial score (nSPS) is 17.4. The average Bonchev–Trinajstić information content (AvgIpc) is 3.32. The van der Waals surface area contributed by atoms with E-state index in [2.05, 4.69) is 37.4 Å². The summed E-state index contributed by atoms with van der Waals surface area (Å²) in [6.45, 7) is 3.39. The van der Waals surface area contributed by atoms with Crippen molar-refractivity contribution in [2.45, 2.75) is 12.8 Å². The number of ether oxygens (including phenoxy) is 1. The Morgan fingerprint density at radius 2 is 2.40 bits per heavy atom. The molecule has 25 heavy (non-hydrogen) atoms. The smallest absolute Gasteiger partial charge is 0.216 e. The number of nitrogens with zero attached hydrogens (tertiary/aromatic N) is 4. The second kappa shape index (κ2) is 9.76. The first-order chi connectivity index (χ1) is 11.8. The van der Waals surface area contributed by atoms with E-state index < -0.39 is 0 Å². The van der Waals surface area contributed by atoms with Gasteiger partial charge in [0.05, 0.1) is 12.9 Å². The lowest BCUT2D eigenvalue weighted by molar-refractivity contribution is 0.181. The molecule has 3 rings (SSSR count).